The molecule has 0 aliphatic heterocycles. The summed E-state index contributed by atoms with van der Waals surface area (Å²) in [6.45, 7) is 1.79. The number of halogens is 1. The summed E-state index contributed by atoms with van der Waals surface area (Å²) in [5, 5.41) is 9.10. The molecule has 0 N–H and O–H groups in total. The van der Waals surface area contributed by atoms with E-state index in [1.807, 2.05) is 0 Å². The maximum absolute atomic E-state index is 15.0. The maximum atomic E-state index is 15.0. The van der Waals surface area contributed by atoms with Gasteiger partial charge in [-0.05, 0) is 50.1 Å². The highest BCUT2D eigenvalue weighted by molar-refractivity contribution is 7.91. The van der Waals surface area contributed by atoms with Crippen molar-refractivity contribution in [3.05, 3.63) is 76.9 Å². The van der Waals surface area contributed by atoms with Crippen LogP contribution in [-0.2, 0) is 25.6 Å². The molecule has 1 saturated carbocycles. The first-order chi connectivity index (χ1) is 16.8. The highest BCUT2D eigenvalue weighted by Crippen LogP contribution is 2.34. The molecule has 3 aromatic rings. The van der Waals surface area contributed by atoms with E-state index in [0.717, 1.165) is 21.7 Å². The number of nitriles is 1. The summed E-state index contributed by atoms with van der Waals surface area (Å²) in [4.78, 5) is 14.7. The second-order valence-corrected chi connectivity index (χ2v) is 13.1. The Hall–Kier alpha value is -3.49. The first-order valence-electron chi connectivity index (χ1n) is 11.1. The summed E-state index contributed by atoms with van der Waals surface area (Å²) in [6.07, 6.45) is 2.29. The number of ketones is 1. The number of carbonyl (C=O) groups is 1. The number of hydrogen-bond acceptors (Lipinski definition) is 7. The topological polar surface area (TPSA) is 117 Å². The molecule has 0 unspecified atom stereocenters. The van der Waals surface area contributed by atoms with Crippen molar-refractivity contribution in [2.45, 2.75) is 35.7 Å². The van der Waals surface area contributed by atoms with Crippen LogP contribution in [0.25, 0.3) is 10.9 Å². The Morgan fingerprint density at radius 1 is 1.14 bits per heavy atom. The second-order valence-electron chi connectivity index (χ2n) is 9.07. The van der Waals surface area contributed by atoms with Gasteiger partial charge in [-0.25, -0.2) is 25.2 Å². The van der Waals surface area contributed by atoms with Gasteiger partial charge in [-0.1, -0.05) is 17.7 Å². The van der Waals surface area contributed by atoms with Crippen LogP contribution in [0.15, 0.2) is 59.1 Å². The van der Waals surface area contributed by atoms with Crippen LogP contribution in [0.3, 0.4) is 0 Å². The number of nitrogens with zero attached hydrogens (tertiary/aromatic N) is 3. The number of Topliss-reactive ketones (excluding diaryl/α,β-unsaturated/α-hetero) is 1. The van der Waals surface area contributed by atoms with Gasteiger partial charge >= 0.3 is 0 Å². The molecule has 4 rings (SSSR count). The standard InChI is InChI=1S/C25H24FN3O5S2/c1-16-4-6-21(7-5-16)36(33,34)29-23-12-18(15-35(31,32)20-8-9-20)22(26)10-17(23)11-24(29)25(30)19(13-27)14-28(2)3/h4-7,10-12,14,20H,8-9,15H2,1-3H3. The monoisotopic (exact) mass is 529 g/mol. The number of fused-ring (bicyclic) bond motifs is 1. The number of aromatic nitrogens is 1. The Labute approximate surface area is 209 Å². The van der Waals surface area contributed by atoms with Crippen molar-refractivity contribution in [3.8, 4) is 6.07 Å². The van der Waals surface area contributed by atoms with E-state index in [9.17, 15) is 31.3 Å². The summed E-state index contributed by atoms with van der Waals surface area (Å²) in [5.74, 6) is -2.27. The minimum atomic E-state index is -4.39. The fraction of sp³-hybridized carbons (Fsp3) is 0.280. The molecule has 2 aromatic carbocycles. The highest BCUT2D eigenvalue weighted by atomic mass is 32.2. The largest absolute Gasteiger partial charge is 0.382 e. The zero-order valence-corrected chi connectivity index (χ0v) is 21.5. The van der Waals surface area contributed by atoms with Crippen molar-refractivity contribution in [1.82, 2.24) is 8.87 Å². The van der Waals surface area contributed by atoms with Gasteiger partial charge in [0.15, 0.2) is 9.84 Å². The van der Waals surface area contributed by atoms with Crippen molar-refractivity contribution < 1.29 is 26.0 Å². The van der Waals surface area contributed by atoms with Gasteiger partial charge in [0.25, 0.3) is 10.0 Å². The molecule has 11 heteroatoms. The van der Waals surface area contributed by atoms with Gasteiger partial charge in [0.05, 0.1) is 21.4 Å². The number of hydrogen-bond donors (Lipinski definition) is 0. The molecular weight excluding hydrogens is 505 g/mol. The Balaban J connectivity index is 2.00. The summed E-state index contributed by atoms with van der Waals surface area (Å²) >= 11 is 0. The number of sulfone groups is 1. The Morgan fingerprint density at radius 3 is 2.33 bits per heavy atom. The molecule has 0 saturated heterocycles. The van der Waals surface area contributed by atoms with Crippen molar-refractivity contribution in [3.63, 3.8) is 0 Å². The second kappa shape index (κ2) is 9.19. The average molecular weight is 530 g/mol. The first kappa shape index (κ1) is 25.6. The van der Waals surface area contributed by atoms with Crippen LogP contribution in [0.5, 0.6) is 0 Å². The fourth-order valence-electron chi connectivity index (χ4n) is 3.89. The number of rotatable bonds is 8. The summed E-state index contributed by atoms with van der Waals surface area (Å²) in [6, 6.07) is 11.1. The van der Waals surface area contributed by atoms with Crippen LogP contribution in [0.2, 0.25) is 0 Å². The van der Waals surface area contributed by atoms with Crippen LogP contribution >= 0.6 is 0 Å². The van der Waals surface area contributed by atoms with Gasteiger partial charge in [-0.2, -0.15) is 5.26 Å². The van der Waals surface area contributed by atoms with Crippen LogP contribution in [0.4, 0.5) is 4.39 Å². The third-order valence-electron chi connectivity index (χ3n) is 5.86. The van der Waals surface area contributed by atoms with Gasteiger partial charge in [0.2, 0.25) is 5.78 Å². The molecule has 36 heavy (non-hydrogen) atoms. The van der Waals surface area contributed by atoms with E-state index in [1.165, 1.54) is 29.3 Å². The lowest BCUT2D eigenvalue weighted by Crippen LogP contribution is -2.20. The van der Waals surface area contributed by atoms with Crippen LogP contribution < -0.4 is 0 Å². The molecule has 1 aromatic heterocycles. The Kier molecular flexibility index (Phi) is 6.53. The van der Waals surface area contributed by atoms with Crippen LogP contribution in [0.1, 0.15) is 34.5 Å². The van der Waals surface area contributed by atoms with Crippen molar-refractivity contribution in [2.75, 3.05) is 14.1 Å². The van der Waals surface area contributed by atoms with E-state index in [1.54, 1.807) is 39.2 Å². The van der Waals surface area contributed by atoms with Gasteiger partial charge in [0, 0.05) is 31.2 Å². The summed E-state index contributed by atoms with van der Waals surface area (Å²) in [7, 11) is -4.78. The Morgan fingerprint density at radius 2 is 1.78 bits per heavy atom. The smallest absolute Gasteiger partial charge is 0.268 e. The van der Waals surface area contributed by atoms with Crippen LogP contribution in [-0.4, -0.2) is 50.8 Å². The number of carbonyl (C=O) groups excluding carboxylic acids is 1. The molecular formula is C25H24FN3O5S2. The molecule has 8 nitrogen and oxygen atoms in total. The van der Waals surface area contributed by atoms with Gasteiger partial charge in [0.1, 0.15) is 23.2 Å². The third-order valence-corrected chi connectivity index (χ3v) is 9.80. The van der Waals surface area contributed by atoms with Gasteiger partial charge in [-0.15, -0.1) is 0 Å². The van der Waals surface area contributed by atoms with E-state index in [2.05, 4.69) is 0 Å². The van der Waals surface area contributed by atoms with Crippen molar-refractivity contribution >= 4 is 36.5 Å². The zero-order valence-electron chi connectivity index (χ0n) is 19.9. The van der Waals surface area contributed by atoms with Crippen LogP contribution in [0, 0.1) is 24.1 Å². The molecule has 188 valence electrons. The summed E-state index contributed by atoms with van der Waals surface area (Å²) < 4.78 is 68.3. The van der Waals surface area contributed by atoms with Crippen molar-refractivity contribution in [1.29, 1.82) is 5.26 Å². The minimum absolute atomic E-state index is 0.0523. The molecule has 1 heterocycles. The van der Waals surface area contributed by atoms with E-state index >= 15 is 0 Å². The predicted octanol–water partition coefficient (Wildman–Crippen LogP) is 3.55. The highest BCUT2D eigenvalue weighted by Gasteiger charge is 2.36. The van der Waals surface area contributed by atoms with Gasteiger partial charge in [-0.3, -0.25) is 4.79 Å². The lowest BCUT2D eigenvalue weighted by Gasteiger charge is -2.13. The number of aryl methyl sites for hydroxylation is 1. The molecule has 1 fully saturated rings. The minimum Gasteiger partial charge on any atom is -0.382 e. The molecule has 0 bridgehead atoms. The zero-order chi connectivity index (χ0) is 26.4. The van der Waals surface area contributed by atoms with E-state index < -0.39 is 42.5 Å². The van der Waals surface area contributed by atoms with Crippen molar-refractivity contribution in [2.24, 2.45) is 0 Å². The van der Waals surface area contributed by atoms with Gasteiger partial charge < -0.3 is 4.90 Å². The Bertz CT molecular complexity index is 1660. The average Bonchev–Trinajstić information content (AvgIpc) is 3.60. The third kappa shape index (κ3) is 4.79. The normalized spacial score (nSPS) is 14.6. The van der Waals surface area contributed by atoms with E-state index in [4.69, 9.17) is 0 Å². The molecule has 0 amide bonds. The lowest BCUT2D eigenvalue weighted by atomic mass is 10.1. The SMILES string of the molecule is Cc1ccc(S(=O)(=O)n2c(C(=O)C(C#N)=CN(C)C)cc3cc(F)c(CS(=O)(=O)C4CC4)cc32)cc1. The molecule has 0 radical (unpaired) electrons. The number of allylic oxidation sites excluding steroid dienone is 1. The fourth-order valence-corrected chi connectivity index (χ4v) is 7.13. The molecule has 0 spiro atoms. The van der Waals surface area contributed by atoms with E-state index in [0.29, 0.717) is 12.8 Å². The first-order valence-corrected chi connectivity index (χ1v) is 14.2. The quantitative estimate of drug-likeness (QED) is 0.249. The van der Waals surface area contributed by atoms with E-state index in [-0.39, 0.29) is 32.6 Å². The molecule has 1 aliphatic rings. The summed E-state index contributed by atoms with van der Waals surface area (Å²) in [5.41, 5.74) is -0.0976. The number of benzene rings is 2. The molecule has 1 aliphatic carbocycles. The predicted molar refractivity (Wildman–Crippen MR) is 133 cm³/mol. The molecule has 0 atom stereocenters. The maximum Gasteiger partial charge on any atom is 0.268 e. The lowest BCUT2D eigenvalue weighted by molar-refractivity contribution is 0.103.